The van der Waals surface area contributed by atoms with Crippen molar-refractivity contribution in [1.82, 2.24) is 19.9 Å². The third kappa shape index (κ3) is 2.89. The highest BCUT2D eigenvalue weighted by Gasteiger charge is 2.11. The Morgan fingerprint density at radius 2 is 1.92 bits per heavy atom. The predicted molar refractivity (Wildman–Crippen MR) is 90.6 cm³/mol. The third-order valence-corrected chi connectivity index (χ3v) is 4.29. The summed E-state index contributed by atoms with van der Waals surface area (Å²) < 4.78 is 6.58. The Morgan fingerprint density at radius 3 is 2.71 bits per heavy atom. The summed E-state index contributed by atoms with van der Waals surface area (Å²) >= 11 is 1.52. The van der Waals surface area contributed by atoms with Crippen LogP contribution >= 0.6 is 11.3 Å². The summed E-state index contributed by atoms with van der Waals surface area (Å²) in [5.74, 6) is 0.866. The number of aromatic nitrogens is 4. The van der Waals surface area contributed by atoms with E-state index in [1.165, 1.54) is 22.1 Å². The summed E-state index contributed by atoms with van der Waals surface area (Å²) in [4.78, 5) is 17.3. The molecule has 0 atom stereocenters. The summed E-state index contributed by atoms with van der Waals surface area (Å²) in [7, 11) is 0. The summed E-state index contributed by atoms with van der Waals surface area (Å²) in [6, 6.07) is 16.7. The number of nitrogens with zero attached hydrogens (tertiary/aromatic N) is 4. The first-order valence-electron chi connectivity index (χ1n) is 7.30. The molecule has 0 saturated carbocycles. The van der Waals surface area contributed by atoms with Crippen molar-refractivity contribution in [1.29, 1.82) is 0 Å². The smallest absolute Gasteiger partial charge is 0.268 e. The topological polar surface area (TPSA) is 73.8 Å². The molecule has 0 N–H and O–H groups in total. The number of benzene rings is 1. The van der Waals surface area contributed by atoms with E-state index in [1.807, 2.05) is 47.8 Å². The van der Waals surface area contributed by atoms with Gasteiger partial charge in [-0.3, -0.25) is 4.79 Å². The number of rotatable bonds is 4. The highest BCUT2D eigenvalue weighted by atomic mass is 32.1. The lowest BCUT2D eigenvalue weighted by molar-refractivity contribution is 0.418. The molecule has 3 aromatic heterocycles. The van der Waals surface area contributed by atoms with Gasteiger partial charge < -0.3 is 4.52 Å². The summed E-state index contributed by atoms with van der Waals surface area (Å²) in [5, 5.41) is 10.3. The Balaban J connectivity index is 1.64. The van der Waals surface area contributed by atoms with Gasteiger partial charge in [0.05, 0.1) is 10.6 Å². The second-order valence-corrected chi connectivity index (χ2v) is 6.02. The minimum atomic E-state index is -0.211. The van der Waals surface area contributed by atoms with Crippen LogP contribution in [0.3, 0.4) is 0 Å². The molecule has 1 aromatic carbocycles. The van der Waals surface area contributed by atoms with Crippen molar-refractivity contribution in [3.8, 4) is 22.0 Å². The van der Waals surface area contributed by atoms with Gasteiger partial charge in [0.1, 0.15) is 6.54 Å². The van der Waals surface area contributed by atoms with Crippen molar-refractivity contribution in [2.75, 3.05) is 0 Å². The SMILES string of the molecule is O=c1ccc(-c2ccccc2)nn1Cc1noc(-c2cccs2)n1. The molecule has 0 aliphatic carbocycles. The van der Waals surface area contributed by atoms with E-state index in [1.54, 1.807) is 6.07 Å². The van der Waals surface area contributed by atoms with Gasteiger partial charge in [0, 0.05) is 11.6 Å². The molecule has 118 valence electrons. The fraction of sp³-hybridized carbons (Fsp3) is 0.0588. The Hall–Kier alpha value is -3.06. The van der Waals surface area contributed by atoms with E-state index in [4.69, 9.17) is 4.52 Å². The molecule has 4 aromatic rings. The maximum Gasteiger partial charge on any atom is 0.268 e. The minimum absolute atomic E-state index is 0.161. The van der Waals surface area contributed by atoms with Crippen LogP contribution in [0.25, 0.3) is 22.0 Å². The van der Waals surface area contributed by atoms with Crippen molar-refractivity contribution < 1.29 is 4.52 Å². The van der Waals surface area contributed by atoms with Crippen molar-refractivity contribution in [2.24, 2.45) is 0 Å². The molecule has 4 rings (SSSR count). The van der Waals surface area contributed by atoms with Crippen LogP contribution in [0.1, 0.15) is 5.82 Å². The van der Waals surface area contributed by atoms with Crippen LogP contribution in [-0.4, -0.2) is 19.9 Å². The van der Waals surface area contributed by atoms with E-state index in [2.05, 4.69) is 15.2 Å². The van der Waals surface area contributed by atoms with Gasteiger partial charge in [-0.2, -0.15) is 10.1 Å². The monoisotopic (exact) mass is 336 g/mol. The summed E-state index contributed by atoms with van der Waals surface area (Å²) in [5.41, 5.74) is 1.45. The standard InChI is InChI=1S/C17H12N4O2S/c22-16-9-8-13(12-5-2-1-3-6-12)19-21(16)11-15-18-17(23-20-15)14-7-4-10-24-14/h1-10H,11H2. The molecule has 24 heavy (non-hydrogen) atoms. The lowest BCUT2D eigenvalue weighted by atomic mass is 10.1. The van der Waals surface area contributed by atoms with Crippen molar-refractivity contribution >= 4 is 11.3 Å². The Labute approximate surface area is 141 Å². The second kappa shape index (κ2) is 6.21. The molecule has 3 heterocycles. The van der Waals surface area contributed by atoms with Gasteiger partial charge >= 0.3 is 0 Å². The van der Waals surface area contributed by atoms with Crippen molar-refractivity contribution in [2.45, 2.75) is 6.54 Å². The molecule has 0 saturated heterocycles. The molecule has 7 heteroatoms. The second-order valence-electron chi connectivity index (χ2n) is 5.07. The van der Waals surface area contributed by atoms with Crippen molar-refractivity contribution in [3.63, 3.8) is 0 Å². The normalized spacial score (nSPS) is 10.8. The maximum absolute atomic E-state index is 12.1. The Kier molecular flexibility index (Phi) is 3.76. The van der Waals surface area contributed by atoms with E-state index in [9.17, 15) is 4.79 Å². The van der Waals surface area contributed by atoms with Crippen LogP contribution in [0, 0.1) is 0 Å². The van der Waals surface area contributed by atoms with Crippen LogP contribution in [0.2, 0.25) is 0 Å². The highest BCUT2D eigenvalue weighted by Crippen LogP contribution is 2.22. The van der Waals surface area contributed by atoms with Gasteiger partial charge in [-0.05, 0) is 17.5 Å². The van der Waals surface area contributed by atoms with Crippen LogP contribution in [0.4, 0.5) is 0 Å². The quantitative estimate of drug-likeness (QED) is 0.572. The van der Waals surface area contributed by atoms with Crippen LogP contribution < -0.4 is 5.56 Å². The van der Waals surface area contributed by atoms with Crippen LogP contribution in [0.5, 0.6) is 0 Å². The maximum atomic E-state index is 12.1. The molecule has 0 bridgehead atoms. The predicted octanol–water partition coefficient (Wildman–Crippen LogP) is 3.07. The van der Waals surface area contributed by atoms with Gasteiger partial charge in [0.15, 0.2) is 5.82 Å². The average molecular weight is 336 g/mol. The van der Waals surface area contributed by atoms with Gasteiger partial charge in [-0.15, -0.1) is 11.3 Å². The highest BCUT2D eigenvalue weighted by molar-refractivity contribution is 7.13. The van der Waals surface area contributed by atoms with E-state index in [-0.39, 0.29) is 12.1 Å². The molecule has 0 amide bonds. The Bertz CT molecular complexity index is 1010. The van der Waals surface area contributed by atoms with Gasteiger partial charge in [-0.1, -0.05) is 41.6 Å². The van der Waals surface area contributed by atoms with E-state index >= 15 is 0 Å². The molecule has 0 aliphatic rings. The van der Waals surface area contributed by atoms with Crippen molar-refractivity contribution in [3.05, 3.63) is 76.2 Å². The number of hydrogen-bond donors (Lipinski definition) is 0. The molecular weight excluding hydrogens is 324 g/mol. The number of hydrogen-bond acceptors (Lipinski definition) is 6. The summed E-state index contributed by atoms with van der Waals surface area (Å²) in [6.45, 7) is 0.161. The molecule has 0 spiro atoms. The first kappa shape index (κ1) is 14.5. The van der Waals surface area contributed by atoms with Gasteiger partial charge in [0.25, 0.3) is 11.4 Å². The zero-order valence-electron chi connectivity index (χ0n) is 12.5. The zero-order valence-corrected chi connectivity index (χ0v) is 13.3. The molecule has 0 unspecified atom stereocenters. The molecule has 0 radical (unpaired) electrons. The van der Waals surface area contributed by atoms with E-state index in [0.717, 1.165) is 16.1 Å². The largest absolute Gasteiger partial charge is 0.333 e. The number of thiophene rings is 1. The molecule has 0 fully saturated rings. The fourth-order valence-electron chi connectivity index (χ4n) is 2.28. The summed E-state index contributed by atoms with van der Waals surface area (Å²) in [6.07, 6.45) is 0. The molecular formula is C17H12N4O2S. The first-order chi connectivity index (χ1) is 11.8. The third-order valence-electron chi connectivity index (χ3n) is 3.43. The molecule has 6 nitrogen and oxygen atoms in total. The van der Waals surface area contributed by atoms with Gasteiger partial charge in [-0.25, -0.2) is 4.68 Å². The minimum Gasteiger partial charge on any atom is -0.333 e. The van der Waals surface area contributed by atoms with E-state index < -0.39 is 0 Å². The van der Waals surface area contributed by atoms with Crippen LogP contribution in [0.15, 0.2) is 69.3 Å². The van der Waals surface area contributed by atoms with E-state index in [0.29, 0.717) is 11.7 Å². The Morgan fingerprint density at radius 1 is 1.04 bits per heavy atom. The zero-order chi connectivity index (χ0) is 16.4. The first-order valence-corrected chi connectivity index (χ1v) is 8.17. The average Bonchev–Trinajstić information content (AvgIpc) is 3.29. The fourth-order valence-corrected chi connectivity index (χ4v) is 2.92. The lowest BCUT2D eigenvalue weighted by Gasteiger charge is -2.04. The molecule has 0 aliphatic heterocycles. The van der Waals surface area contributed by atoms with Gasteiger partial charge in [0.2, 0.25) is 0 Å². The van der Waals surface area contributed by atoms with Crippen LogP contribution in [-0.2, 0) is 6.54 Å². The lowest BCUT2D eigenvalue weighted by Crippen LogP contribution is -2.23.